The van der Waals surface area contributed by atoms with Crippen molar-refractivity contribution in [3.63, 3.8) is 0 Å². The monoisotopic (exact) mass is 73.0 g/mol. The maximum absolute atomic E-state index is 4.32. The zero-order valence-corrected chi connectivity index (χ0v) is 2.81. The van der Waals surface area contributed by atoms with E-state index in [0.717, 1.165) is 0 Å². The first-order valence-corrected chi connectivity index (χ1v) is 1.51. The van der Waals surface area contributed by atoms with Gasteiger partial charge in [-0.3, -0.25) is 0 Å². The first kappa shape index (κ1) is 3.12. The van der Waals surface area contributed by atoms with Crippen molar-refractivity contribution in [2.75, 3.05) is 6.61 Å². The molecule has 0 aliphatic carbocycles. The number of hydrogen-bond acceptors (Lipinski definition) is 2. The molecule has 0 saturated carbocycles. The normalized spacial score (nSPS) is 36.6. The fourth-order valence-electron chi connectivity index (χ4n) is 0.164. The Morgan fingerprint density at radius 1 is 1.80 bits per heavy atom. The molecule has 0 bridgehead atoms. The van der Waals surface area contributed by atoms with Crippen LogP contribution in [-0.2, 0) is 9.78 Å². The number of hydrogen-bond donors (Lipinski definition) is 0. The van der Waals surface area contributed by atoms with Crippen molar-refractivity contribution in [1.29, 1.82) is 0 Å². The lowest BCUT2D eigenvalue weighted by Gasteiger charge is -2.18. The quantitative estimate of drug-likeness (QED) is 0.380. The molecule has 0 amide bonds. The van der Waals surface area contributed by atoms with Gasteiger partial charge in [0.25, 0.3) is 0 Å². The maximum Gasteiger partial charge on any atom is 0.119 e. The van der Waals surface area contributed by atoms with Gasteiger partial charge in [0.15, 0.2) is 0 Å². The topological polar surface area (TPSA) is 18.5 Å². The summed E-state index contributed by atoms with van der Waals surface area (Å²) in [6.07, 6.45) is 0.0926. The van der Waals surface area contributed by atoms with Gasteiger partial charge in [-0.25, -0.2) is 9.78 Å². The fourth-order valence-corrected chi connectivity index (χ4v) is 0.164. The molecule has 0 aromatic heterocycles. The van der Waals surface area contributed by atoms with Crippen molar-refractivity contribution in [2.24, 2.45) is 0 Å². The SMILES string of the molecule is [CH2]C1COO1. The molecule has 29 valence electrons. The van der Waals surface area contributed by atoms with E-state index in [1.165, 1.54) is 0 Å². The summed E-state index contributed by atoms with van der Waals surface area (Å²) in [4.78, 5) is 8.59. The molecule has 1 aliphatic rings. The molecule has 1 unspecified atom stereocenters. The molecular formula is C3H5O2. The van der Waals surface area contributed by atoms with E-state index >= 15 is 0 Å². The lowest BCUT2D eigenvalue weighted by Crippen LogP contribution is -2.27. The molecule has 0 spiro atoms. The Morgan fingerprint density at radius 3 is 2.20 bits per heavy atom. The van der Waals surface area contributed by atoms with Gasteiger partial charge in [-0.2, -0.15) is 0 Å². The highest BCUT2D eigenvalue weighted by Gasteiger charge is 2.12. The van der Waals surface area contributed by atoms with E-state index < -0.39 is 0 Å². The van der Waals surface area contributed by atoms with E-state index in [1.54, 1.807) is 0 Å². The molecule has 2 heteroatoms. The molecule has 1 atom stereocenters. The van der Waals surface area contributed by atoms with E-state index in [9.17, 15) is 0 Å². The Bertz CT molecular complexity index is 31.9. The molecule has 1 aliphatic heterocycles. The molecule has 0 aromatic carbocycles. The van der Waals surface area contributed by atoms with Crippen molar-refractivity contribution < 1.29 is 9.78 Å². The van der Waals surface area contributed by atoms with E-state index in [4.69, 9.17) is 0 Å². The zero-order valence-electron chi connectivity index (χ0n) is 2.81. The molecule has 5 heavy (non-hydrogen) atoms. The summed E-state index contributed by atoms with van der Waals surface area (Å²) in [7, 11) is 0. The molecule has 0 N–H and O–H groups in total. The van der Waals surface area contributed by atoms with Crippen LogP contribution < -0.4 is 0 Å². The minimum absolute atomic E-state index is 0.0926. The minimum atomic E-state index is 0.0926. The molecule has 1 saturated heterocycles. The van der Waals surface area contributed by atoms with Gasteiger partial charge < -0.3 is 0 Å². The Morgan fingerprint density at radius 2 is 2.20 bits per heavy atom. The number of rotatable bonds is 0. The van der Waals surface area contributed by atoms with Crippen LogP contribution in [0, 0.1) is 6.92 Å². The molecule has 1 fully saturated rings. The molecule has 1 rings (SSSR count). The van der Waals surface area contributed by atoms with Crippen LogP contribution in [-0.4, -0.2) is 12.7 Å². The Labute approximate surface area is 30.6 Å². The average Bonchev–Trinajstić information content (AvgIpc) is 1.30. The highest BCUT2D eigenvalue weighted by Crippen LogP contribution is 2.01. The van der Waals surface area contributed by atoms with Gasteiger partial charge in [0.1, 0.15) is 12.7 Å². The van der Waals surface area contributed by atoms with Crippen molar-refractivity contribution in [3.05, 3.63) is 6.92 Å². The smallest absolute Gasteiger partial charge is 0.119 e. The summed E-state index contributed by atoms with van der Waals surface area (Å²) >= 11 is 0. The van der Waals surface area contributed by atoms with E-state index in [2.05, 4.69) is 16.7 Å². The van der Waals surface area contributed by atoms with E-state index in [1.807, 2.05) is 0 Å². The molecule has 1 heterocycles. The van der Waals surface area contributed by atoms with Crippen LogP contribution in [0.5, 0.6) is 0 Å². The summed E-state index contributed by atoms with van der Waals surface area (Å²) < 4.78 is 0. The van der Waals surface area contributed by atoms with Crippen molar-refractivity contribution >= 4 is 0 Å². The summed E-state index contributed by atoms with van der Waals surface area (Å²) in [6.45, 7) is 4.15. The summed E-state index contributed by atoms with van der Waals surface area (Å²) in [5, 5.41) is 0. The summed E-state index contributed by atoms with van der Waals surface area (Å²) in [6, 6.07) is 0. The van der Waals surface area contributed by atoms with E-state index in [-0.39, 0.29) is 6.10 Å². The van der Waals surface area contributed by atoms with Gasteiger partial charge in [-0.15, -0.1) is 0 Å². The standard InChI is InChI=1S/C3H5O2/c1-3-2-4-5-3/h3H,1-2H2. The average molecular weight is 73.1 g/mol. The van der Waals surface area contributed by atoms with Crippen LogP contribution in [0.4, 0.5) is 0 Å². The van der Waals surface area contributed by atoms with Crippen LogP contribution in [0.1, 0.15) is 0 Å². The van der Waals surface area contributed by atoms with Crippen molar-refractivity contribution in [1.82, 2.24) is 0 Å². The molecule has 0 aromatic rings. The van der Waals surface area contributed by atoms with Crippen LogP contribution in [0.15, 0.2) is 0 Å². The second kappa shape index (κ2) is 0.954. The Kier molecular flexibility index (Phi) is 0.596. The largest absolute Gasteiger partial charge is 0.233 e. The van der Waals surface area contributed by atoms with Gasteiger partial charge in [0.2, 0.25) is 0 Å². The third-order valence-electron chi connectivity index (χ3n) is 0.458. The molecular weight excluding hydrogens is 68.0 g/mol. The highest BCUT2D eigenvalue weighted by molar-refractivity contribution is 4.58. The molecule has 2 nitrogen and oxygen atoms in total. The fraction of sp³-hybridized carbons (Fsp3) is 0.667. The van der Waals surface area contributed by atoms with Gasteiger partial charge in [-0.05, 0) is 6.92 Å². The first-order chi connectivity index (χ1) is 2.39. The lowest BCUT2D eigenvalue weighted by atomic mass is 10.4. The van der Waals surface area contributed by atoms with Crippen LogP contribution in [0.3, 0.4) is 0 Å². The third kappa shape index (κ3) is 0.412. The Hall–Kier alpha value is -0.0800. The predicted octanol–water partition coefficient (Wildman–Crippen LogP) is 0.151. The van der Waals surface area contributed by atoms with Gasteiger partial charge in [0, 0.05) is 0 Å². The summed E-state index contributed by atoms with van der Waals surface area (Å²) in [5.74, 6) is 0. The summed E-state index contributed by atoms with van der Waals surface area (Å²) in [5.41, 5.74) is 0. The lowest BCUT2D eigenvalue weighted by molar-refractivity contribution is -0.411. The highest BCUT2D eigenvalue weighted by atomic mass is 17.2. The third-order valence-corrected chi connectivity index (χ3v) is 0.458. The van der Waals surface area contributed by atoms with Gasteiger partial charge in [-0.1, -0.05) is 0 Å². The second-order valence-corrected chi connectivity index (χ2v) is 1.00. The minimum Gasteiger partial charge on any atom is -0.233 e. The van der Waals surface area contributed by atoms with Crippen LogP contribution in [0.2, 0.25) is 0 Å². The molecule has 1 radical (unpaired) electrons. The second-order valence-electron chi connectivity index (χ2n) is 1.00. The van der Waals surface area contributed by atoms with Crippen molar-refractivity contribution in [3.8, 4) is 0 Å². The van der Waals surface area contributed by atoms with Gasteiger partial charge in [0.05, 0.1) is 0 Å². The van der Waals surface area contributed by atoms with Crippen molar-refractivity contribution in [2.45, 2.75) is 6.10 Å². The predicted molar refractivity (Wildman–Crippen MR) is 16.2 cm³/mol. The zero-order chi connectivity index (χ0) is 3.70. The van der Waals surface area contributed by atoms with Crippen LogP contribution in [0.25, 0.3) is 0 Å². The van der Waals surface area contributed by atoms with Crippen LogP contribution >= 0.6 is 0 Å². The van der Waals surface area contributed by atoms with Gasteiger partial charge >= 0.3 is 0 Å². The maximum atomic E-state index is 4.32. The first-order valence-electron chi connectivity index (χ1n) is 1.51. The Balaban J connectivity index is 2.08. The van der Waals surface area contributed by atoms with E-state index in [0.29, 0.717) is 6.61 Å².